The molecule has 0 unspecified atom stereocenters. The lowest BCUT2D eigenvalue weighted by Gasteiger charge is -2.23. The van der Waals surface area contributed by atoms with E-state index in [0.29, 0.717) is 16.1 Å². The predicted molar refractivity (Wildman–Crippen MR) is 79.1 cm³/mol. The number of rotatable bonds is 6. The third-order valence-corrected chi connectivity index (χ3v) is 3.62. The highest BCUT2D eigenvalue weighted by molar-refractivity contribution is 6.37. The van der Waals surface area contributed by atoms with E-state index in [4.69, 9.17) is 23.2 Å². The number of halogens is 2. The quantitative estimate of drug-likeness (QED) is 0.850. The molecule has 1 aliphatic carbocycles. The summed E-state index contributed by atoms with van der Waals surface area (Å²) in [5.74, 6) is 1.58. The van der Waals surface area contributed by atoms with Crippen molar-refractivity contribution < 1.29 is 0 Å². The predicted octanol–water partition coefficient (Wildman–Crippen LogP) is 4.20. The molecule has 0 spiro atoms. The van der Waals surface area contributed by atoms with Gasteiger partial charge in [-0.3, -0.25) is 0 Å². The first-order valence-corrected chi connectivity index (χ1v) is 7.29. The number of nitrogens with one attached hydrogen (secondary N) is 1. The summed E-state index contributed by atoms with van der Waals surface area (Å²) in [7, 11) is 0. The van der Waals surface area contributed by atoms with Crippen LogP contribution >= 0.6 is 23.2 Å². The Morgan fingerprint density at radius 1 is 1.33 bits per heavy atom. The summed E-state index contributed by atoms with van der Waals surface area (Å²) in [6.07, 6.45) is 3.49. The molecule has 0 bridgehead atoms. The van der Waals surface area contributed by atoms with Gasteiger partial charge >= 0.3 is 0 Å². The number of nitrogens with zero attached hydrogens (tertiary/aromatic N) is 2. The highest BCUT2D eigenvalue weighted by Gasteiger charge is 2.30. The molecule has 0 saturated heterocycles. The second-order valence-corrected chi connectivity index (χ2v) is 5.38. The molecule has 5 heteroatoms. The van der Waals surface area contributed by atoms with E-state index in [2.05, 4.69) is 29.0 Å². The zero-order chi connectivity index (χ0) is 13.1. The van der Waals surface area contributed by atoms with Gasteiger partial charge in [-0.05, 0) is 32.3 Å². The summed E-state index contributed by atoms with van der Waals surface area (Å²) in [4.78, 5) is 6.85. The van der Waals surface area contributed by atoms with Crippen LogP contribution in [-0.4, -0.2) is 24.1 Å². The molecule has 1 aliphatic rings. The van der Waals surface area contributed by atoms with Crippen molar-refractivity contribution in [1.82, 2.24) is 4.98 Å². The largest absolute Gasteiger partial charge is 0.369 e. The fourth-order valence-electron chi connectivity index (χ4n) is 1.99. The van der Waals surface area contributed by atoms with E-state index in [-0.39, 0.29) is 0 Å². The molecular weight excluding hydrogens is 269 g/mol. The number of aromatic nitrogens is 1. The highest BCUT2D eigenvalue weighted by Crippen LogP contribution is 2.37. The third kappa shape index (κ3) is 3.01. The van der Waals surface area contributed by atoms with Crippen molar-refractivity contribution in [1.29, 1.82) is 0 Å². The van der Waals surface area contributed by atoms with Crippen LogP contribution in [0.15, 0.2) is 6.07 Å². The Hall–Kier alpha value is -0.670. The van der Waals surface area contributed by atoms with E-state index in [0.717, 1.165) is 31.1 Å². The average molecular weight is 288 g/mol. The van der Waals surface area contributed by atoms with Gasteiger partial charge in [-0.2, -0.15) is 0 Å². The van der Waals surface area contributed by atoms with Gasteiger partial charge in [0.25, 0.3) is 0 Å². The zero-order valence-corrected chi connectivity index (χ0v) is 12.4. The fourth-order valence-corrected chi connectivity index (χ4v) is 2.53. The van der Waals surface area contributed by atoms with Crippen molar-refractivity contribution in [3.05, 3.63) is 16.1 Å². The molecule has 1 heterocycles. The molecule has 100 valence electrons. The van der Waals surface area contributed by atoms with Crippen LogP contribution in [0.3, 0.4) is 0 Å². The Morgan fingerprint density at radius 2 is 2.06 bits per heavy atom. The molecule has 1 aromatic heterocycles. The SMILES string of the molecule is CCCNc1nc(N(CC)C2CC2)c(Cl)cc1Cl. The molecule has 0 atom stereocenters. The number of hydrogen-bond donors (Lipinski definition) is 1. The maximum Gasteiger partial charge on any atom is 0.150 e. The molecule has 18 heavy (non-hydrogen) atoms. The van der Waals surface area contributed by atoms with Gasteiger partial charge in [-0.15, -0.1) is 0 Å². The minimum Gasteiger partial charge on any atom is -0.369 e. The summed E-state index contributed by atoms with van der Waals surface area (Å²) >= 11 is 12.4. The molecule has 0 aliphatic heterocycles. The van der Waals surface area contributed by atoms with Crippen LogP contribution in [0.4, 0.5) is 11.6 Å². The molecule has 1 saturated carbocycles. The number of anilines is 2. The van der Waals surface area contributed by atoms with Crippen molar-refractivity contribution in [2.45, 2.75) is 39.2 Å². The summed E-state index contributed by atoms with van der Waals surface area (Å²) in [5.41, 5.74) is 0. The van der Waals surface area contributed by atoms with Gasteiger partial charge in [0, 0.05) is 19.1 Å². The Labute approximate surface area is 118 Å². The van der Waals surface area contributed by atoms with E-state index in [1.165, 1.54) is 12.8 Å². The van der Waals surface area contributed by atoms with Crippen molar-refractivity contribution >= 4 is 34.8 Å². The summed E-state index contributed by atoms with van der Waals surface area (Å²) in [5, 5.41) is 4.46. The monoisotopic (exact) mass is 287 g/mol. The lowest BCUT2D eigenvalue weighted by molar-refractivity contribution is 0.808. The summed E-state index contributed by atoms with van der Waals surface area (Å²) in [6.45, 7) is 6.03. The minimum absolute atomic E-state index is 0.587. The molecule has 1 N–H and O–H groups in total. The number of hydrogen-bond acceptors (Lipinski definition) is 3. The lowest BCUT2D eigenvalue weighted by atomic mass is 10.3. The van der Waals surface area contributed by atoms with Gasteiger partial charge in [-0.25, -0.2) is 4.98 Å². The van der Waals surface area contributed by atoms with Crippen LogP contribution in [0.25, 0.3) is 0 Å². The van der Waals surface area contributed by atoms with Crippen LogP contribution in [0, 0.1) is 0 Å². The molecular formula is C13H19Cl2N3. The molecule has 3 nitrogen and oxygen atoms in total. The Kier molecular flexibility index (Phi) is 4.57. The van der Waals surface area contributed by atoms with Gasteiger partial charge in [-0.1, -0.05) is 30.1 Å². The molecule has 1 aromatic rings. The van der Waals surface area contributed by atoms with Crippen molar-refractivity contribution in [3.63, 3.8) is 0 Å². The van der Waals surface area contributed by atoms with E-state index >= 15 is 0 Å². The van der Waals surface area contributed by atoms with E-state index in [1.54, 1.807) is 6.07 Å². The van der Waals surface area contributed by atoms with Crippen LogP contribution in [0.2, 0.25) is 10.0 Å². The maximum atomic E-state index is 6.26. The Morgan fingerprint density at radius 3 is 2.61 bits per heavy atom. The Balaban J connectivity index is 2.27. The first-order valence-electron chi connectivity index (χ1n) is 6.53. The van der Waals surface area contributed by atoms with Gasteiger partial charge < -0.3 is 10.2 Å². The zero-order valence-electron chi connectivity index (χ0n) is 10.8. The first-order chi connectivity index (χ1) is 8.67. The second kappa shape index (κ2) is 5.98. The number of pyridine rings is 1. The van der Waals surface area contributed by atoms with Crippen molar-refractivity contribution in [2.24, 2.45) is 0 Å². The van der Waals surface area contributed by atoms with E-state index < -0.39 is 0 Å². The Bertz CT molecular complexity index is 419. The molecule has 1 fully saturated rings. The average Bonchev–Trinajstić information content (AvgIpc) is 3.16. The standard InChI is InChI=1S/C13H19Cl2N3/c1-3-7-16-12-10(14)8-11(15)13(17-12)18(4-2)9-5-6-9/h8-9H,3-7H2,1-2H3,(H,16,17). The van der Waals surface area contributed by atoms with Crippen molar-refractivity contribution in [2.75, 3.05) is 23.3 Å². The fraction of sp³-hybridized carbons (Fsp3) is 0.615. The topological polar surface area (TPSA) is 28.2 Å². The normalized spacial score (nSPS) is 14.7. The van der Waals surface area contributed by atoms with Crippen LogP contribution < -0.4 is 10.2 Å². The van der Waals surface area contributed by atoms with Gasteiger partial charge in [0.2, 0.25) is 0 Å². The summed E-state index contributed by atoms with van der Waals surface area (Å²) in [6, 6.07) is 2.38. The van der Waals surface area contributed by atoms with E-state index in [1.807, 2.05) is 0 Å². The summed E-state index contributed by atoms with van der Waals surface area (Å²) < 4.78 is 0. The van der Waals surface area contributed by atoms with Crippen molar-refractivity contribution in [3.8, 4) is 0 Å². The molecule has 0 aromatic carbocycles. The maximum absolute atomic E-state index is 6.26. The van der Waals surface area contributed by atoms with Crippen LogP contribution in [0.1, 0.15) is 33.1 Å². The first kappa shape index (κ1) is 13.8. The lowest BCUT2D eigenvalue weighted by Crippen LogP contribution is -2.26. The molecule has 2 rings (SSSR count). The van der Waals surface area contributed by atoms with Gasteiger partial charge in [0.05, 0.1) is 10.0 Å². The third-order valence-electron chi connectivity index (χ3n) is 3.05. The van der Waals surface area contributed by atoms with E-state index in [9.17, 15) is 0 Å². The van der Waals surface area contributed by atoms with Crippen LogP contribution in [0.5, 0.6) is 0 Å². The van der Waals surface area contributed by atoms with Crippen LogP contribution in [-0.2, 0) is 0 Å². The molecule has 0 amide bonds. The van der Waals surface area contributed by atoms with Gasteiger partial charge in [0.1, 0.15) is 11.6 Å². The van der Waals surface area contributed by atoms with Gasteiger partial charge in [0.15, 0.2) is 0 Å². The second-order valence-electron chi connectivity index (χ2n) is 4.57. The smallest absolute Gasteiger partial charge is 0.150 e. The highest BCUT2D eigenvalue weighted by atomic mass is 35.5. The minimum atomic E-state index is 0.587. The molecule has 0 radical (unpaired) electrons.